The molecule has 0 radical (unpaired) electrons. The first-order chi connectivity index (χ1) is 12.1. The fourth-order valence-corrected chi connectivity index (χ4v) is 2.68. The average molecular weight is 335 g/mol. The summed E-state index contributed by atoms with van der Waals surface area (Å²) in [5, 5.41) is 7.53. The molecule has 1 atom stereocenters. The summed E-state index contributed by atoms with van der Waals surface area (Å²) in [6.07, 6.45) is 3.19. The molecule has 0 saturated heterocycles. The maximum absolute atomic E-state index is 5.52. The normalized spacial score (nSPS) is 12.4. The van der Waals surface area contributed by atoms with Gasteiger partial charge in [0.25, 0.3) is 5.71 Å². The summed E-state index contributed by atoms with van der Waals surface area (Å²) in [6.45, 7) is 5.70. The average Bonchev–Trinajstić information content (AvgIpc) is 3.24. The van der Waals surface area contributed by atoms with Crippen LogP contribution in [-0.4, -0.2) is 29.7 Å². The zero-order chi connectivity index (χ0) is 17.4. The maximum Gasteiger partial charge on any atom is 0.252 e. The van der Waals surface area contributed by atoms with Crippen LogP contribution in [0.2, 0.25) is 0 Å². The number of benzene rings is 1. The Morgan fingerprint density at radius 3 is 2.60 bits per heavy atom. The van der Waals surface area contributed by atoms with E-state index in [0.717, 1.165) is 11.3 Å². The summed E-state index contributed by atoms with van der Waals surface area (Å²) in [5.41, 5.74) is 3.23. The van der Waals surface area contributed by atoms with E-state index in [2.05, 4.69) is 37.3 Å². The van der Waals surface area contributed by atoms with E-state index in [4.69, 9.17) is 4.42 Å². The zero-order valence-corrected chi connectivity index (χ0v) is 14.1. The predicted molar refractivity (Wildman–Crippen MR) is 92.5 cm³/mol. The van der Waals surface area contributed by atoms with Crippen LogP contribution in [0.5, 0.6) is 0 Å². The quantitative estimate of drug-likeness (QED) is 0.612. The van der Waals surface area contributed by atoms with E-state index in [1.165, 1.54) is 6.33 Å². The van der Waals surface area contributed by atoms with Crippen molar-refractivity contribution in [1.29, 1.82) is 0 Å². The Labute approximate surface area is 144 Å². The number of aryl methyl sites for hydroxylation is 2. The summed E-state index contributed by atoms with van der Waals surface area (Å²) in [5.74, 6) is 1.88. The number of nitrogens with one attached hydrogen (secondary N) is 1. The van der Waals surface area contributed by atoms with Crippen LogP contribution in [0.4, 0.5) is 5.82 Å². The number of oxazole rings is 1. The second-order valence-electron chi connectivity index (χ2n) is 5.80. The first kappa shape index (κ1) is 15.3. The maximum atomic E-state index is 5.52. The van der Waals surface area contributed by atoms with Gasteiger partial charge in [-0.15, -0.1) is 0 Å². The van der Waals surface area contributed by atoms with Crippen molar-refractivity contribution in [2.75, 3.05) is 5.32 Å². The van der Waals surface area contributed by atoms with E-state index >= 15 is 0 Å². The first-order valence-electron chi connectivity index (χ1n) is 7.93. The molecule has 0 aliphatic heterocycles. The van der Waals surface area contributed by atoms with Crippen molar-refractivity contribution in [1.82, 2.24) is 29.7 Å². The molecule has 4 rings (SSSR count). The van der Waals surface area contributed by atoms with Gasteiger partial charge in [-0.05, 0) is 31.5 Å². The zero-order valence-electron chi connectivity index (χ0n) is 14.1. The lowest BCUT2D eigenvalue weighted by atomic mass is 10.1. The predicted octanol–water partition coefficient (Wildman–Crippen LogP) is 2.99. The minimum Gasteiger partial charge on any atom is -0.422 e. The number of hydrogen-bond donors (Lipinski definition) is 1. The second-order valence-corrected chi connectivity index (χ2v) is 5.80. The molecule has 3 aromatic heterocycles. The van der Waals surface area contributed by atoms with Gasteiger partial charge in [0.15, 0.2) is 17.2 Å². The monoisotopic (exact) mass is 335 g/mol. The van der Waals surface area contributed by atoms with E-state index in [-0.39, 0.29) is 6.04 Å². The Kier molecular flexibility index (Phi) is 3.64. The molecule has 8 nitrogen and oxygen atoms in total. The standard InChI is InChI=1S/C17H17N7O/c1-10(13-4-6-14(7-5-13)24-9-18-8-19-24)20-16-15-17(22-11(2)21-16)25-12(3)23-15/h4-10H,1-3H3,(H,20,21,22)/t10-/m0/s1. The van der Waals surface area contributed by atoms with E-state index in [9.17, 15) is 0 Å². The third-order valence-corrected chi connectivity index (χ3v) is 3.91. The topological polar surface area (TPSA) is 94.6 Å². The molecule has 0 fully saturated rings. The number of nitrogens with zero attached hydrogens (tertiary/aromatic N) is 6. The van der Waals surface area contributed by atoms with Gasteiger partial charge in [0.2, 0.25) is 0 Å². The fraction of sp³-hybridized carbons (Fsp3) is 0.235. The Hall–Kier alpha value is -3.29. The molecule has 8 heteroatoms. The molecule has 0 spiro atoms. The summed E-state index contributed by atoms with van der Waals surface area (Å²) in [7, 11) is 0. The Bertz CT molecular complexity index is 1010. The van der Waals surface area contributed by atoms with Crippen LogP contribution in [0.15, 0.2) is 41.3 Å². The van der Waals surface area contributed by atoms with Gasteiger partial charge in [0, 0.05) is 6.92 Å². The van der Waals surface area contributed by atoms with Crippen molar-refractivity contribution < 1.29 is 4.42 Å². The van der Waals surface area contributed by atoms with Crippen molar-refractivity contribution in [3.8, 4) is 5.69 Å². The summed E-state index contributed by atoms with van der Waals surface area (Å²) < 4.78 is 7.24. The molecule has 0 amide bonds. The van der Waals surface area contributed by atoms with E-state index in [1.54, 1.807) is 17.9 Å². The molecule has 1 aromatic carbocycles. The molecule has 0 bridgehead atoms. The summed E-state index contributed by atoms with van der Waals surface area (Å²) in [6, 6.07) is 8.15. The molecule has 4 aromatic rings. The molecule has 0 aliphatic rings. The van der Waals surface area contributed by atoms with E-state index in [0.29, 0.717) is 28.8 Å². The van der Waals surface area contributed by atoms with Crippen LogP contribution in [0, 0.1) is 13.8 Å². The van der Waals surface area contributed by atoms with Gasteiger partial charge in [-0.25, -0.2) is 19.6 Å². The molecule has 0 unspecified atom stereocenters. The molecule has 0 aliphatic carbocycles. The third kappa shape index (κ3) is 2.93. The highest BCUT2D eigenvalue weighted by molar-refractivity contribution is 5.81. The number of fused-ring (bicyclic) bond motifs is 1. The van der Waals surface area contributed by atoms with Crippen molar-refractivity contribution in [3.05, 3.63) is 54.2 Å². The summed E-state index contributed by atoms with van der Waals surface area (Å²) in [4.78, 5) is 17.1. The van der Waals surface area contributed by atoms with Crippen LogP contribution in [0.1, 0.15) is 30.2 Å². The number of aromatic nitrogens is 6. The van der Waals surface area contributed by atoms with Crippen molar-refractivity contribution >= 4 is 17.0 Å². The molecular formula is C17H17N7O. The lowest BCUT2D eigenvalue weighted by Crippen LogP contribution is -2.09. The second kappa shape index (κ2) is 5.97. The van der Waals surface area contributed by atoms with Gasteiger partial charge in [-0.2, -0.15) is 10.1 Å². The van der Waals surface area contributed by atoms with Crippen molar-refractivity contribution in [2.45, 2.75) is 26.8 Å². The van der Waals surface area contributed by atoms with Gasteiger partial charge < -0.3 is 9.73 Å². The number of hydrogen-bond acceptors (Lipinski definition) is 7. The largest absolute Gasteiger partial charge is 0.422 e. The molecule has 126 valence electrons. The lowest BCUT2D eigenvalue weighted by molar-refractivity contribution is 0.550. The SMILES string of the molecule is Cc1nc(N[C@@H](C)c2ccc(-n3cncn3)cc2)c2nc(C)oc2n1. The van der Waals surface area contributed by atoms with Crippen molar-refractivity contribution in [2.24, 2.45) is 0 Å². The Morgan fingerprint density at radius 1 is 1.08 bits per heavy atom. The highest BCUT2D eigenvalue weighted by Gasteiger charge is 2.15. The molecule has 25 heavy (non-hydrogen) atoms. The van der Waals surface area contributed by atoms with E-state index < -0.39 is 0 Å². The van der Waals surface area contributed by atoms with Gasteiger partial charge in [0.1, 0.15) is 18.5 Å². The molecule has 3 heterocycles. The molecular weight excluding hydrogens is 318 g/mol. The van der Waals surface area contributed by atoms with Crippen LogP contribution in [-0.2, 0) is 0 Å². The van der Waals surface area contributed by atoms with Crippen LogP contribution in [0.25, 0.3) is 16.9 Å². The highest BCUT2D eigenvalue weighted by atomic mass is 16.4. The summed E-state index contributed by atoms with van der Waals surface area (Å²) >= 11 is 0. The van der Waals surface area contributed by atoms with Crippen molar-refractivity contribution in [3.63, 3.8) is 0 Å². The minimum atomic E-state index is 0.0410. The number of anilines is 1. The van der Waals surface area contributed by atoms with Gasteiger partial charge in [0.05, 0.1) is 11.7 Å². The Morgan fingerprint density at radius 2 is 1.88 bits per heavy atom. The van der Waals surface area contributed by atoms with Crippen LogP contribution in [0.3, 0.4) is 0 Å². The number of rotatable bonds is 4. The van der Waals surface area contributed by atoms with Crippen LogP contribution >= 0.6 is 0 Å². The third-order valence-electron chi connectivity index (χ3n) is 3.91. The smallest absolute Gasteiger partial charge is 0.252 e. The van der Waals surface area contributed by atoms with Gasteiger partial charge >= 0.3 is 0 Å². The Balaban J connectivity index is 1.61. The minimum absolute atomic E-state index is 0.0410. The fourth-order valence-electron chi connectivity index (χ4n) is 2.68. The van der Waals surface area contributed by atoms with Gasteiger partial charge in [-0.3, -0.25) is 0 Å². The lowest BCUT2D eigenvalue weighted by Gasteiger charge is -2.15. The van der Waals surface area contributed by atoms with E-state index in [1.807, 2.05) is 31.2 Å². The molecule has 1 N–H and O–H groups in total. The highest BCUT2D eigenvalue weighted by Crippen LogP contribution is 2.25. The van der Waals surface area contributed by atoms with Gasteiger partial charge in [-0.1, -0.05) is 12.1 Å². The molecule has 0 saturated carbocycles. The first-order valence-corrected chi connectivity index (χ1v) is 7.93. The van der Waals surface area contributed by atoms with Crippen LogP contribution < -0.4 is 5.32 Å².